The first-order valence-corrected chi connectivity index (χ1v) is 20.3. The van der Waals surface area contributed by atoms with Crippen LogP contribution in [0.5, 0.6) is 0 Å². The molecule has 0 radical (unpaired) electrons. The first-order chi connectivity index (χ1) is 27.2. The Kier molecular flexibility index (Phi) is 22.9. The molecule has 5 rings (SSSR count). The van der Waals surface area contributed by atoms with E-state index in [-0.39, 0.29) is 5.56 Å². The molecule has 2 heterocycles. The number of allylic oxidation sites excluding steroid dienone is 5. The summed E-state index contributed by atoms with van der Waals surface area (Å²) >= 11 is 0. The van der Waals surface area contributed by atoms with E-state index in [1.54, 1.807) is 29.5 Å². The van der Waals surface area contributed by atoms with Crippen LogP contribution >= 0.6 is 0 Å². The van der Waals surface area contributed by atoms with Gasteiger partial charge >= 0.3 is 0 Å². The van der Waals surface area contributed by atoms with Gasteiger partial charge in [0.1, 0.15) is 11.5 Å². The largest absolute Gasteiger partial charge is 0.382 e. The number of aromatic nitrogens is 3. The smallest absolute Gasteiger partial charge is 0.277 e. The van der Waals surface area contributed by atoms with Crippen molar-refractivity contribution in [2.75, 3.05) is 26.0 Å². The molecular formula is C49H68N6O. The second kappa shape index (κ2) is 27.3. The van der Waals surface area contributed by atoms with E-state index in [2.05, 4.69) is 136 Å². The monoisotopic (exact) mass is 757 g/mol. The summed E-state index contributed by atoms with van der Waals surface area (Å²) in [6.45, 7) is 20.2. The molecule has 0 aliphatic heterocycles. The van der Waals surface area contributed by atoms with Crippen LogP contribution in [0.15, 0.2) is 137 Å². The van der Waals surface area contributed by atoms with Crippen molar-refractivity contribution in [3.05, 3.63) is 160 Å². The number of nitrogens with one attached hydrogen (secondary N) is 3. The van der Waals surface area contributed by atoms with Crippen molar-refractivity contribution in [1.82, 2.24) is 25.2 Å². The lowest BCUT2D eigenvalue weighted by atomic mass is 10.0. The average molecular weight is 757 g/mol. The predicted molar refractivity (Wildman–Crippen MR) is 244 cm³/mol. The van der Waals surface area contributed by atoms with Crippen molar-refractivity contribution in [2.45, 2.75) is 100.0 Å². The highest BCUT2D eigenvalue weighted by molar-refractivity contribution is 5.68. The summed E-state index contributed by atoms with van der Waals surface area (Å²) < 4.78 is 1.61. The molecular weight excluding hydrogens is 689 g/mol. The molecule has 4 aromatic rings. The molecule has 0 spiro atoms. The Morgan fingerprint density at radius 2 is 1.55 bits per heavy atom. The number of hydrogen-bond donors (Lipinski definition) is 3. The van der Waals surface area contributed by atoms with Gasteiger partial charge in [-0.1, -0.05) is 137 Å². The summed E-state index contributed by atoms with van der Waals surface area (Å²) in [4.78, 5) is 20.7. The fraction of sp³-hybridized carbons (Fsp3) is 0.367. The first-order valence-electron chi connectivity index (χ1n) is 20.3. The van der Waals surface area contributed by atoms with Crippen LogP contribution in [0.4, 0.5) is 5.69 Å². The first kappa shape index (κ1) is 46.9. The lowest BCUT2D eigenvalue weighted by molar-refractivity contribution is 0.768. The number of pyridine rings is 1. The summed E-state index contributed by atoms with van der Waals surface area (Å²) in [6.07, 6.45) is 22.2. The van der Waals surface area contributed by atoms with Gasteiger partial charge in [0.05, 0.1) is 6.20 Å². The summed E-state index contributed by atoms with van der Waals surface area (Å²) in [7, 11) is 3.67. The minimum Gasteiger partial charge on any atom is -0.382 e. The Bertz CT molecular complexity index is 1910. The van der Waals surface area contributed by atoms with E-state index in [0.29, 0.717) is 18.1 Å². The van der Waals surface area contributed by atoms with Crippen molar-refractivity contribution in [3.63, 3.8) is 0 Å². The molecule has 0 bridgehead atoms. The maximum Gasteiger partial charge on any atom is 0.277 e. The lowest BCUT2D eigenvalue weighted by Crippen LogP contribution is -2.24. The second-order valence-electron chi connectivity index (χ2n) is 13.7. The van der Waals surface area contributed by atoms with E-state index in [1.165, 1.54) is 71.3 Å². The van der Waals surface area contributed by atoms with E-state index in [4.69, 9.17) is 0 Å². The highest BCUT2D eigenvalue weighted by atomic mass is 16.1. The fourth-order valence-electron chi connectivity index (χ4n) is 5.42. The van der Waals surface area contributed by atoms with E-state index >= 15 is 0 Å². The molecule has 3 N–H and O–H groups in total. The van der Waals surface area contributed by atoms with Gasteiger partial charge < -0.3 is 16.0 Å². The number of nitrogens with zero attached hydrogens (tertiary/aromatic N) is 3. The number of aryl methyl sites for hydroxylation is 1. The Labute approximate surface area is 338 Å². The fourth-order valence-corrected chi connectivity index (χ4v) is 5.42. The van der Waals surface area contributed by atoms with Gasteiger partial charge in [-0.2, -0.15) is 0 Å². The molecule has 1 aliphatic carbocycles. The molecule has 7 heteroatoms. The molecule has 0 unspecified atom stereocenters. The molecule has 2 aromatic carbocycles. The lowest BCUT2D eigenvalue weighted by Gasteiger charge is -2.15. The Morgan fingerprint density at radius 1 is 0.893 bits per heavy atom. The molecule has 1 aliphatic rings. The molecule has 2 aromatic heterocycles. The van der Waals surface area contributed by atoms with Gasteiger partial charge in [-0.3, -0.25) is 14.3 Å². The van der Waals surface area contributed by atoms with Crippen molar-refractivity contribution >= 4 is 17.5 Å². The maximum absolute atomic E-state index is 12.2. The van der Waals surface area contributed by atoms with Gasteiger partial charge in [-0.15, -0.1) is 6.58 Å². The summed E-state index contributed by atoms with van der Waals surface area (Å²) in [6, 6.07) is 22.3. The van der Waals surface area contributed by atoms with Crippen LogP contribution < -0.4 is 21.5 Å². The van der Waals surface area contributed by atoms with Crippen LogP contribution in [0, 0.1) is 0 Å². The Morgan fingerprint density at radius 3 is 2.09 bits per heavy atom. The summed E-state index contributed by atoms with van der Waals surface area (Å²) in [5.74, 6) is 0.652. The SMILES string of the molecule is C/C=C(/C=C1CC1)NC(=C(C)CC)c1ccccc1.C=CCn1c(-c2ccccc2)ncc(NC)c1=O.CCCC.CCCc1ccncc1/C=C(\C)CNC. The predicted octanol–water partition coefficient (Wildman–Crippen LogP) is 11.6. The van der Waals surface area contributed by atoms with Crippen molar-refractivity contribution in [2.24, 2.45) is 0 Å². The normalized spacial score (nSPS) is 12.3. The van der Waals surface area contributed by atoms with E-state index in [9.17, 15) is 4.79 Å². The molecule has 1 saturated carbocycles. The third kappa shape index (κ3) is 16.6. The molecule has 0 amide bonds. The topological polar surface area (TPSA) is 83.9 Å². The van der Waals surface area contributed by atoms with Crippen LogP contribution in [-0.2, 0) is 13.0 Å². The minimum absolute atomic E-state index is 0.0914. The Balaban J connectivity index is 0.000000278. The molecule has 7 nitrogen and oxygen atoms in total. The van der Waals surface area contributed by atoms with Crippen LogP contribution in [0.25, 0.3) is 23.2 Å². The molecule has 300 valence electrons. The standard InChI is InChI=1S/C18H23N.C14H15N3O.C13H20N2.C4H10/c1-4-14(3)18(16-9-7-6-8-10-16)19-17(5-2)13-15-11-12-15;1-3-9-17-13(11-7-5-4-6-8-11)16-10-12(15-2)14(17)18;1-4-5-12-6-7-15-10-13(12)8-11(2)9-14-3;1-3-4-2/h5-10,13,19H,4,11-12H2,1-3H3;3-8,10,15H,1,9H2,2H3;6-8,10,14H,4-5,9H2,1-3H3;3-4H2,1-2H3/b17-5-,18-14?;;11-8+;. The van der Waals surface area contributed by atoms with Gasteiger partial charge in [0.2, 0.25) is 0 Å². The quantitative estimate of drug-likeness (QED) is 0.105. The highest BCUT2D eigenvalue weighted by Gasteiger charge is 2.13. The number of hydrogen-bond acceptors (Lipinski definition) is 6. The summed E-state index contributed by atoms with van der Waals surface area (Å²) in [5.41, 5.74) is 11.9. The number of rotatable bonds is 15. The van der Waals surface area contributed by atoms with E-state index in [1.807, 2.05) is 49.8 Å². The third-order valence-corrected chi connectivity index (χ3v) is 8.98. The van der Waals surface area contributed by atoms with Crippen molar-refractivity contribution < 1.29 is 0 Å². The van der Waals surface area contributed by atoms with Gasteiger partial charge in [0.15, 0.2) is 0 Å². The molecule has 56 heavy (non-hydrogen) atoms. The Hall–Kier alpha value is -5.27. The van der Waals surface area contributed by atoms with E-state index in [0.717, 1.165) is 24.9 Å². The van der Waals surface area contributed by atoms with Gasteiger partial charge in [0.25, 0.3) is 5.56 Å². The van der Waals surface area contributed by atoms with Crippen LogP contribution in [0.3, 0.4) is 0 Å². The van der Waals surface area contributed by atoms with Gasteiger partial charge in [0, 0.05) is 49.5 Å². The maximum atomic E-state index is 12.2. The zero-order chi connectivity index (χ0) is 41.1. The van der Waals surface area contributed by atoms with Crippen molar-refractivity contribution in [1.29, 1.82) is 0 Å². The highest BCUT2D eigenvalue weighted by Crippen LogP contribution is 2.29. The molecule has 1 fully saturated rings. The average Bonchev–Trinajstić information content (AvgIpc) is 4.06. The summed E-state index contributed by atoms with van der Waals surface area (Å²) in [5, 5.41) is 9.60. The second-order valence-corrected chi connectivity index (χ2v) is 13.7. The van der Waals surface area contributed by atoms with Crippen LogP contribution in [0.1, 0.15) is 104 Å². The molecule has 0 atom stereocenters. The number of unbranched alkanes of at least 4 members (excludes halogenated alkanes) is 1. The number of benzene rings is 2. The minimum atomic E-state index is -0.0914. The number of anilines is 1. The zero-order valence-corrected chi connectivity index (χ0v) is 35.7. The van der Waals surface area contributed by atoms with Crippen LogP contribution in [-0.4, -0.2) is 35.2 Å². The van der Waals surface area contributed by atoms with Crippen LogP contribution in [0.2, 0.25) is 0 Å². The van der Waals surface area contributed by atoms with Gasteiger partial charge in [-0.05, 0) is 87.9 Å². The zero-order valence-electron chi connectivity index (χ0n) is 35.7. The third-order valence-electron chi connectivity index (χ3n) is 8.98. The number of likely N-dealkylation sites (N-methyl/N-ethyl adjacent to an activating group) is 1. The van der Waals surface area contributed by atoms with E-state index < -0.39 is 0 Å². The van der Waals surface area contributed by atoms with Crippen molar-refractivity contribution in [3.8, 4) is 11.4 Å². The van der Waals surface area contributed by atoms with Gasteiger partial charge in [-0.25, -0.2) is 4.98 Å². The molecule has 0 saturated heterocycles.